The summed E-state index contributed by atoms with van der Waals surface area (Å²) in [6, 6.07) is 2.63. The van der Waals surface area contributed by atoms with Crippen molar-refractivity contribution in [1.29, 1.82) is 0 Å². The summed E-state index contributed by atoms with van der Waals surface area (Å²) in [6.45, 7) is 6.44. The molecular weight excluding hydrogens is 262 g/mol. The van der Waals surface area contributed by atoms with E-state index in [9.17, 15) is 14.9 Å². The average Bonchev–Trinajstić information content (AvgIpc) is 2.42. The van der Waals surface area contributed by atoms with Gasteiger partial charge in [0.25, 0.3) is 0 Å². The molecule has 1 heterocycles. The molecule has 0 aliphatic carbocycles. The number of nitro groups is 1. The number of pyridine rings is 1. The Labute approximate surface area is 117 Å². The summed E-state index contributed by atoms with van der Waals surface area (Å²) in [6.07, 6.45) is 0.819. The Morgan fingerprint density at radius 2 is 2.15 bits per heavy atom. The third-order valence-corrected chi connectivity index (χ3v) is 2.81. The Bertz CT molecular complexity index is 502. The molecule has 0 aliphatic heterocycles. The van der Waals surface area contributed by atoms with Gasteiger partial charge in [0.05, 0.1) is 12.0 Å². The van der Waals surface area contributed by atoms with Crippen LogP contribution >= 0.6 is 0 Å². The van der Waals surface area contributed by atoms with Crippen molar-refractivity contribution in [3.8, 4) is 0 Å². The normalized spacial score (nSPS) is 10.4. The van der Waals surface area contributed by atoms with Crippen LogP contribution in [0.25, 0.3) is 0 Å². The van der Waals surface area contributed by atoms with Crippen molar-refractivity contribution < 1.29 is 14.5 Å². The fourth-order valence-electron chi connectivity index (χ4n) is 1.86. The second kappa shape index (κ2) is 6.83. The number of methoxy groups -OCH3 is 1. The molecule has 0 fully saturated rings. The molecule has 110 valence electrons. The highest BCUT2D eigenvalue weighted by molar-refractivity contribution is 5.88. The first-order chi connectivity index (χ1) is 9.42. The fraction of sp³-hybridized carbons (Fsp3) is 0.538. The van der Waals surface area contributed by atoms with Crippen molar-refractivity contribution in [2.75, 3.05) is 18.6 Å². The van der Waals surface area contributed by atoms with Gasteiger partial charge in [0.1, 0.15) is 0 Å². The minimum atomic E-state index is -0.610. The predicted octanol–water partition coefficient (Wildman–Crippen LogP) is 2.40. The van der Waals surface area contributed by atoms with Gasteiger partial charge in [-0.1, -0.05) is 6.92 Å². The largest absolute Gasteiger partial charge is 0.464 e. The summed E-state index contributed by atoms with van der Waals surface area (Å²) in [4.78, 5) is 28.1. The highest BCUT2D eigenvalue weighted by Crippen LogP contribution is 2.28. The molecule has 0 aromatic carbocycles. The summed E-state index contributed by atoms with van der Waals surface area (Å²) in [5.41, 5.74) is -0.0466. The third-order valence-electron chi connectivity index (χ3n) is 2.81. The Morgan fingerprint density at radius 3 is 2.60 bits per heavy atom. The Morgan fingerprint density at radius 1 is 1.50 bits per heavy atom. The van der Waals surface area contributed by atoms with E-state index in [0.29, 0.717) is 6.54 Å². The van der Waals surface area contributed by atoms with Gasteiger partial charge in [-0.3, -0.25) is 10.1 Å². The van der Waals surface area contributed by atoms with Crippen LogP contribution in [-0.2, 0) is 4.74 Å². The smallest absolute Gasteiger partial charge is 0.356 e. The van der Waals surface area contributed by atoms with Gasteiger partial charge in [-0.25, -0.2) is 9.78 Å². The molecule has 0 amide bonds. The molecule has 0 atom stereocenters. The van der Waals surface area contributed by atoms with Gasteiger partial charge >= 0.3 is 11.7 Å². The molecule has 0 spiro atoms. The van der Waals surface area contributed by atoms with Crippen LogP contribution in [0, 0.1) is 10.1 Å². The van der Waals surface area contributed by atoms with Crippen molar-refractivity contribution in [3.05, 3.63) is 27.9 Å². The molecule has 7 nitrogen and oxygen atoms in total. The molecule has 0 saturated carbocycles. The van der Waals surface area contributed by atoms with Gasteiger partial charge < -0.3 is 9.64 Å². The SMILES string of the molecule is CCCN(c1nc(C(=O)OC)ccc1[N+](=O)[O-])C(C)C. The number of hydrogen-bond acceptors (Lipinski definition) is 6. The first-order valence-corrected chi connectivity index (χ1v) is 6.42. The van der Waals surface area contributed by atoms with E-state index in [1.165, 1.54) is 19.2 Å². The predicted molar refractivity (Wildman–Crippen MR) is 75.0 cm³/mol. The minimum Gasteiger partial charge on any atom is -0.464 e. The number of aromatic nitrogens is 1. The number of carbonyl (C=O) groups is 1. The zero-order valence-electron chi connectivity index (χ0n) is 12.1. The number of rotatable bonds is 6. The summed E-state index contributed by atoms with van der Waals surface area (Å²) < 4.78 is 4.60. The van der Waals surface area contributed by atoms with Crippen molar-refractivity contribution >= 4 is 17.5 Å². The van der Waals surface area contributed by atoms with Gasteiger partial charge in [0.2, 0.25) is 5.82 Å². The summed E-state index contributed by atoms with van der Waals surface area (Å²) in [5.74, 6) is -0.406. The first-order valence-electron chi connectivity index (χ1n) is 6.42. The highest BCUT2D eigenvalue weighted by atomic mass is 16.6. The Balaban J connectivity index is 3.36. The number of hydrogen-bond donors (Lipinski definition) is 0. The lowest BCUT2D eigenvalue weighted by atomic mass is 10.2. The van der Waals surface area contributed by atoms with E-state index in [2.05, 4.69) is 9.72 Å². The van der Waals surface area contributed by atoms with Gasteiger partial charge in [0.15, 0.2) is 5.69 Å². The number of anilines is 1. The van der Waals surface area contributed by atoms with E-state index in [1.807, 2.05) is 25.7 Å². The number of ether oxygens (including phenoxy) is 1. The summed E-state index contributed by atoms with van der Waals surface area (Å²) in [7, 11) is 1.25. The Kier molecular flexibility index (Phi) is 5.42. The molecule has 0 unspecified atom stereocenters. The third kappa shape index (κ3) is 3.43. The molecule has 0 saturated heterocycles. The highest BCUT2D eigenvalue weighted by Gasteiger charge is 2.25. The maximum atomic E-state index is 11.5. The molecule has 1 aromatic rings. The zero-order chi connectivity index (χ0) is 15.3. The van der Waals surface area contributed by atoms with E-state index in [-0.39, 0.29) is 23.2 Å². The topological polar surface area (TPSA) is 85.6 Å². The van der Waals surface area contributed by atoms with Crippen LogP contribution in [0.5, 0.6) is 0 Å². The van der Waals surface area contributed by atoms with Crippen LogP contribution in [0.2, 0.25) is 0 Å². The quantitative estimate of drug-likeness (QED) is 0.452. The van der Waals surface area contributed by atoms with Gasteiger partial charge in [-0.15, -0.1) is 0 Å². The monoisotopic (exact) mass is 281 g/mol. The molecular formula is C13H19N3O4. The molecule has 0 N–H and O–H groups in total. The fourth-order valence-corrected chi connectivity index (χ4v) is 1.86. The molecule has 7 heteroatoms. The number of nitrogens with zero attached hydrogens (tertiary/aromatic N) is 3. The number of carbonyl (C=O) groups excluding carboxylic acids is 1. The van der Waals surface area contributed by atoms with E-state index >= 15 is 0 Å². The van der Waals surface area contributed by atoms with Crippen molar-refractivity contribution in [1.82, 2.24) is 4.98 Å². The van der Waals surface area contributed by atoms with Crippen LogP contribution < -0.4 is 4.90 Å². The van der Waals surface area contributed by atoms with Crippen LogP contribution in [-0.4, -0.2) is 35.6 Å². The van der Waals surface area contributed by atoms with E-state index in [0.717, 1.165) is 6.42 Å². The van der Waals surface area contributed by atoms with Gasteiger partial charge in [0, 0.05) is 18.7 Å². The molecule has 20 heavy (non-hydrogen) atoms. The molecule has 0 bridgehead atoms. The number of esters is 1. The molecule has 1 rings (SSSR count). The lowest BCUT2D eigenvalue weighted by Crippen LogP contribution is -2.33. The lowest BCUT2D eigenvalue weighted by molar-refractivity contribution is -0.384. The van der Waals surface area contributed by atoms with E-state index in [4.69, 9.17) is 0 Å². The van der Waals surface area contributed by atoms with Crippen LogP contribution in [0.15, 0.2) is 12.1 Å². The first kappa shape index (κ1) is 15.9. The van der Waals surface area contributed by atoms with E-state index < -0.39 is 10.9 Å². The van der Waals surface area contributed by atoms with Crippen LogP contribution in [0.1, 0.15) is 37.7 Å². The summed E-state index contributed by atoms with van der Waals surface area (Å²) in [5, 5.41) is 11.1. The second-order valence-electron chi connectivity index (χ2n) is 4.58. The minimum absolute atomic E-state index is 0.0362. The maximum Gasteiger partial charge on any atom is 0.356 e. The van der Waals surface area contributed by atoms with Crippen LogP contribution in [0.3, 0.4) is 0 Å². The standard InChI is InChI=1S/C13H19N3O4/c1-5-8-15(9(2)3)12-11(16(18)19)7-6-10(14-12)13(17)20-4/h6-7,9H,5,8H2,1-4H3. The van der Waals surface area contributed by atoms with Gasteiger partial charge in [-0.05, 0) is 26.3 Å². The zero-order valence-corrected chi connectivity index (χ0v) is 12.1. The molecule has 1 aromatic heterocycles. The average molecular weight is 281 g/mol. The second-order valence-corrected chi connectivity index (χ2v) is 4.58. The van der Waals surface area contributed by atoms with Gasteiger partial charge in [-0.2, -0.15) is 0 Å². The van der Waals surface area contributed by atoms with Crippen molar-refractivity contribution in [2.45, 2.75) is 33.2 Å². The van der Waals surface area contributed by atoms with E-state index in [1.54, 1.807) is 0 Å². The van der Waals surface area contributed by atoms with Crippen molar-refractivity contribution in [2.24, 2.45) is 0 Å². The maximum absolute atomic E-state index is 11.5. The van der Waals surface area contributed by atoms with Crippen molar-refractivity contribution in [3.63, 3.8) is 0 Å². The molecule has 0 aliphatic rings. The Hall–Kier alpha value is -2.18. The molecule has 0 radical (unpaired) electrons. The lowest BCUT2D eigenvalue weighted by Gasteiger charge is -2.27. The van der Waals surface area contributed by atoms with Crippen LogP contribution in [0.4, 0.5) is 11.5 Å². The summed E-state index contributed by atoms with van der Waals surface area (Å²) >= 11 is 0.